The van der Waals surface area contributed by atoms with Crippen molar-refractivity contribution in [3.8, 4) is 11.5 Å². The smallest absolute Gasteiger partial charge is 0.258 e. The summed E-state index contributed by atoms with van der Waals surface area (Å²) in [5.41, 5.74) is -0.160. The number of halogens is 2. The molecule has 5 rings (SSSR count). The zero-order valence-corrected chi connectivity index (χ0v) is 21.9. The van der Waals surface area contributed by atoms with Crippen molar-refractivity contribution in [2.24, 2.45) is 0 Å². The summed E-state index contributed by atoms with van der Waals surface area (Å²) in [5, 5.41) is 6.19. The lowest BCUT2D eigenvalue weighted by Crippen LogP contribution is -2.71. The van der Waals surface area contributed by atoms with Crippen LogP contribution < -0.4 is 20.1 Å². The molecule has 206 valence electrons. The molecule has 2 aromatic rings. The fraction of sp³-hybridized carbons (Fsp3) is 0.500. The molecule has 10 heteroatoms. The predicted molar refractivity (Wildman–Crippen MR) is 135 cm³/mol. The summed E-state index contributed by atoms with van der Waals surface area (Å²) in [6, 6.07) is 8.94. The highest BCUT2D eigenvalue weighted by Gasteiger charge is 2.56. The monoisotopic (exact) mass is 532 g/mol. The Labute approximate surface area is 221 Å². The minimum Gasteiger partial charge on any atom is -0.484 e. The maximum absolute atomic E-state index is 13.8. The van der Waals surface area contributed by atoms with Gasteiger partial charge in [0.2, 0.25) is 0 Å². The number of ether oxygens (including phenoxy) is 4. The van der Waals surface area contributed by atoms with Gasteiger partial charge in [0.05, 0.1) is 11.6 Å². The molecule has 0 aliphatic heterocycles. The van der Waals surface area contributed by atoms with Gasteiger partial charge in [0, 0.05) is 24.8 Å². The topological polar surface area (TPSA) is 95.1 Å². The Balaban J connectivity index is 1.35. The van der Waals surface area contributed by atoms with Crippen molar-refractivity contribution in [1.29, 1.82) is 0 Å². The molecule has 0 heterocycles. The van der Waals surface area contributed by atoms with Gasteiger partial charge in [-0.1, -0.05) is 12.1 Å². The molecule has 0 aromatic heterocycles. The van der Waals surface area contributed by atoms with Gasteiger partial charge in [0.25, 0.3) is 11.8 Å². The van der Waals surface area contributed by atoms with E-state index in [0.717, 1.165) is 0 Å². The van der Waals surface area contributed by atoms with Crippen molar-refractivity contribution in [2.75, 3.05) is 27.1 Å². The van der Waals surface area contributed by atoms with Gasteiger partial charge in [-0.2, -0.15) is 0 Å². The Hall–Kier alpha value is -3.24. The van der Waals surface area contributed by atoms with Crippen molar-refractivity contribution in [3.05, 3.63) is 59.2 Å². The molecule has 2 amide bonds. The molecular formula is C28H34F2N2O6. The van der Waals surface area contributed by atoms with Crippen LogP contribution in [-0.4, -0.2) is 56.1 Å². The second-order valence-corrected chi connectivity index (χ2v) is 10.2. The molecule has 1 unspecified atom stereocenters. The largest absolute Gasteiger partial charge is 0.484 e. The summed E-state index contributed by atoms with van der Waals surface area (Å²) in [7, 11) is 1.52. The Morgan fingerprint density at radius 1 is 0.868 bits per heavy atom. The van der Waals surface area contributed by atoms with Crippen LogP contribution in [0.1, 0.15) is 43.2 Å². The average molecular weight is 533 g/mol. The van der Waals surface area contributed by atoms with E-state index in [4.69, 9.17) is 18.9 Å². The maximum atomic E-state index is 13.8. The zero-order chi connectivity index (χ0) is 27.3. The number of methoxy groups -OCH3 is 1. The number of nitrogens with one attached hydrogen (secondary N) is 2. The highest BCUT2D eigenvalue weighted by Crippen LogP contribution is 2.48. The average Bonchev–Trinajstić information content (AvgIpc) is 2.89. The summed E-state index contributed by atoms with van der Waals surface area (Å²) in [6.07, 6.45) is 2.50. The van der Waals surface area contributed by atoms with E-state index in [0.29, 0.717) is 43.2 Å². The van der Waals surface area contributed by atoms with Gasteiger partial charge in [-0.05, 0) is 69.2 Å². The molecule has 3 aliphatic rings. The number of carbonyl (C=O) groups excluding carboxylic acids is 2. The van der Waals surface area contributed by atoms with Crippen LogP contribution in [0.15, 0.2) is 36.4 Å². The van der Waals surface area contributed by atoms with Crippen molar-refractivity contribution in [2.45, 2.75) is 63.1 Å². The molecule has 1 atom stereocenters. The van der Waals surface area contributed by atoms with E-state index in [1.807, 2.05) is 0 Å². The third kappa shape index (κ3) is 6.42. The first kappa shape index (κ1) is 27.8. The van der Waals surface area contributed by atoms with Crippen molar-refractivity contribution >= 4 is 11.8 Å². The molecule has 0 radical (unpaired) electrons. The van der Waals surface area contributed by atoms with E-state index >= 15 is 0 Å². The van der Waals surface area contributed by atoms with Gasteiger partial charge < -0.3 is 29.6 Å². The standard InChI is InChI=1S/C28H34F2N2O6/c1-18-4-6-20(12-22(18)29)36-15-25(33)31-27-8-10-28(11-9-27,24(14-27)38-17-35-3)32-26(34)16-37-21-7-5-19(2)23(30)13-21/h4-7,12-13,24H,8-11,14-17H2,1-3H3,(H,31,33)(H,32,34). The van der Waals surface area contributed by atoms with Crippen LogP contribution in [0.2, 0.25) is 0 Å². The number of fused-ring (bicyclic) bond motifs is 3. The van der Waals surface area contributed by atoms with Crippen LogP contribution in [0.25, 0.3) is 0 Å². The molecule has 3 fully saturated rings. The first-order valence-corrected chi connectivity index (χ1v) is 12.6. The molecule has 2 N–H and O–H groups in total. The number of carbonyl (C=O) groups is 2. The minimum absolute atomic E-state index is 0.0353. The maximum Gasteiger partial charge on any atom is 0.258 e. The van der Waals surface area contributed by atoms with Crippen LogP contribution in [0.4, 0.5) is 8.78 Å². The Kier molecular flexibility index (Phi) is 8.52. The lowest BCUT2D eigenvalue weighted by molar-refractivity contribution is -0.161. The Morgan fingerprint density at radius 3 is 1.89 bits per heavy atom. The molecule has 8 nitrogen and oxygen atoms in total. The first-order chi connectivity index (χ1) is 18.1. The van der Waals surface area contributed by atoms with E-state index in [2.05, 4.69) is 10.6 Å². The van der Waals surface area contributed by atoms with Crippen LogP contribution in [0, 0.1) is 25.5 Å². The van der Waals surface area contributed by atoms with Gasteiger partial charge in [-0.15, -0.1) is 0 Å². The normalized spacial score (nSPS) is 24.1. The first-order valence-electron chi connectivity index (χ1n) is 12.6. The molecule has 0 spiro atoms. The van der Waals surface area contributed by atoms with Gasteiger partial charge >= 0.3 is 0 Å². The summed E-state index contributed by atoms with van der Waals surface area (Å²) < 4.78 is 49.7. The number of amides is 2. The molecule has 38 heavy (non-hydrogen) atoms. The minimum atomic E-state index is -0.639. The highest BCUT2D eigenvalue weighted by atomic mass is 19.1. The number of hydrogen-bond acceptors (Lipinski definition) is 6. The summed E-state index contributed by atoms with van der Waals surface area (Å²) >= 11 is 0. The van der Waals surface area contributed by atoms with Crippen LogP contribution in [0.5, 0.6) is 11.5 Å². The lowest BCUT2D eigenvalue weighted by Gasteiger charge is -2.57. The zero-order valence-electron chi connectivity index (χ0n) is 21.9. The van der Waals surface area contributed by atoms with E-state index in [1.165, 1.54) is 19.2 Å². The van der Waals surface area contributed by atoms with E-state index in [1.54, 1.807) is 38.1 Å². The van der Waals surface area contributed by atoms with Crippen LogP contribution in [0.3, 0.4) is 0 Å². The fourth-order valence-electron chi connectivity index (χ4n) is 5.27. The van der Waals surface area contributed by atoms with Gasteiger partial charge in [0.1, 0.15) is 29.9 Å². The van der Waals surface area contributed by atoms with Gasteiger partial charge in [0.15, 0.2) is 13.2 Å². The molecule has 2 aromatic carbocycles. The van der Waals surface area contributed by atoms with E-state index in [-0.39, 0.29) is 43.3 Å². The Morgan fingerprint density at radius 2 is 1.39 bits per heavy atom. The second kappa shape index (κ2) is 11.7. The highest BCUT2D eigenvalue weighted by molar-refractivity contribution is 5.79. The van der Waals surface area contributed by atoms with E-state index < -0.39 is 28.8 Å². The second-order valence-electron chi connectivity index (χ2n) is 10.2. The van der Waals surface area contributed by atoms with Crippen molar-refractivity contribution in [3.63, 3.8) is 0 Å². The number of hydrogen-bond donors (Lipinski definition) is 2. The lowest BCUT2D eigenvalue weighted by atomic mass is 9.59. The van der Waals surface area contributed by atoms with Gasteiger partial charge in [-0.25, -0.2) is 8.78 Å². The number of aryl methyl sites for hydroxylation is 2. The number of benzene rings is 2. The summed E-state index contributed by atoms with van der Waals surface area (Å²) in [4.78, 5) is 25.6. The summed E-state index contributed by atoms with van der Waals surface area (Å²) in [5.74, 6) is -0.884. The van der Waals surface area contributed by atoms with Crippen molar-refractivity contribution in [1.82, 2.24) is 10.6 Å². The number of rotatable bonds is 11. The fourth-order valence-corrected chi connectivity index (χ4v) is 5.27. The molecule has 0 saturated heterocycles. The quantitative estimate of drug-likeness (QED) is 0.429. The van der Waals surface area contributed by atoms with E-state index in [9.17, 15) is 18.4 Å². The SMILES string of the molecule is COCOC1CC2(NC(=O)COc3ccc(C)c(F)c3)CCC1(NC(=O)COc1ccc(C)c(F)c1)CC2. The molecular weight excluding hydrogens is 498 g/mol. The van der Waals surface area contributed by atoms with Gasteiger partial charge in [-0.3, -0.25) is 9.59 Å². The van der Waals surface area contributed by atoms with Crippen molar-refractivity contribution < 1.29 is 37.3 Å². The molecule has 3 saturated carbocycles. The Bertz CT molecular complexity index is 1170. The van der Waals surface area contributed by atoms with Crippen LogP contribution in [-0.2, 0) is 19.1 Å². The molecule has 2 bridgehead atoms. The predicted octanol–water partition coefficient (Wildman–Crippen LogP) is 3.72. The molecule has 3 aliphatic carbocycles. The third-order valence-corrected chi connectivity index (χ3v) is 7.50. The third-order valence-electron chi connectivity index (χ3n) is 7.50. The van der Waals surface area contributed by atoms with Crippen LogP contribution >= 0.6 is 0 Å². The summed E-state index contributed by atoms with van der Waals surface area (Å²) in [6.45, 7) is 2.83.